The predicted octanol–water partition coefficient (Wildman–Crippen LogP) is 4.38. The maximum absolute atomic E-state index is 11.4. The average molecular weight is 282 g/mol. The van der Waals surface area contributed by atoms with Crippen LogP contribution in [-0.4, -0.2) is 23.8 Å². The zero-order chi connectivity index (χ0) is 14.4. The highest BCUT2D eigenvalue weighted by Gasteiger charge is 2.43. The third-order valence-electron chi connectivity index (χ3n) is 4.88. The molecule has 3 atom stereocenters. The molecule has 0 radical (unpaired) electrons. The van der Waals surface area contributed by atoms with Crippen LogP contribution in [0, 0.1) is 0 Å². The summed E-state index contributed by atoms with van der Waals surface area (Å²) in [6, 6.07) is 0. The largest absolute Gasteiger partial charge is 0.459 e. The van der Waals surface area contributed by atoms with Crippen molar-refractivity contribution in [1.29, 1.82) is 0 Å². The third kappa shape index (κ3) is 4.47. The maximum Gasteiger partial charge on any atom is 0.303 e. The van der Waals surface area contributed by atoms with Gasteiger partial charge in [0.05, 0.1) is 6.10 Å². The lowest BCUT2D eigenvalue weighted by Crippen LogP contribution is -2.42. The number of esters is 1. The van der Waals surface area contributed by atoms with Gasteiger partial charge in [0.2, 0.25) is 0 Å². The second-order valence-electron chi connectivity index (χ2n) is 6.74. The lowest BCUT2D eigenvalue weighted by Gasteiger charge is -2.33. The molecule has 116 valence electrons. The molecular formula is C17H30O3. The van der Waals surface area contributed by atoms with E-state index >= 15 is 0 Å². The highest BCUT2D eigenvalue weighted by molar-refractivity contribution is 5.66. The fraction of sp³-hybridized carbons (Fsp3) is 0.941. The molecule has 2 fully saturated rings. The summed E-state index contributed by atoms with van der Waals surface area (Å²) in [5, 5.41) is 0. The molecule has 0 spiro atoms. The number of rotatable bonds is 1. The Morgan fingerprint density at radius 1 is 1.00 bits per heavy atom. The second-order valence-corrected chi connectivity index (χ2v) is 6.74. The molecule has 2 heterocycles. The first kappa shape index (κ1) is 15.8. The van der Waals surface area contributed by atoms with Crippen molar-refractivity contribution in [2.45, 2.75) is 102 Å². The Morgan fingerprint density at radius 3 is 2.25 bits per heavy atom. The van der Waals surface area contributed by atoms with Crippen molar-refractivity contribution in [2.24, 2.45) is 0 Å². The first-order valence-corrected chi connectivity index (χ1v) is 8.45. The van der Waals surface area contributed by atoms with Crippen molar-refractivity contribution in [3.8, 4) is 0 Å². The topological polar surface area (TPSA) is 35.5 Å². The Labute approximate surface area is 123 Å². The van der Waals surface area contributed by atoms with E-state index in [2.05, 4.69) is 6.92 Å². The molecule has 0 aromatic heterocycles. The van der Waals surface area contributed by atoms with Gasteiger partial charge < -0.3 is 9.47 Å². The Morgan fingerprint density at radius 2 is 1.60 bits per heavy atom. The minimum atomic E-state index is -0.260. The van der Waals surface area contributed by atoms with Crippen molar-refractivity contribution < 1.29 is 14.3 Å². The minimum Gasteiger partial charge on any atom is -0.459 e. The molecule has 0 N–H and O–H groups in total. The van der Waals surface area contributed by atoms with Gasteiger partial charge in [0, 0.05) is 6.92 Å². The summed E-state index contributed by atoms with van der Waals surface area (Å²) < 4.78 is 11.9. The molecular weight excluding hydrogens is 252 g/mol. The normalized spacial score (nSPS) is 36.5. The fourth-order valence-electron chi connectivity index (χ4n) is 3.66. The molecule has 20 heavy (non-hydrogen) atoms. The number of hydrogen-bond acceptors (Lipinski definition) is 3. The van der Waals surface area contributed by atoms with Crippen LogP contribution in [0.25, 0.3) is 0 Å². The van der Waals surface area contributed by atoms with Crippen LogP contribution in [0.4, 0.5) is 0 Å². The summed E-state index contributed by atoms with van der Waals surface area (Å²) in [5.41, 5.74) is -0.260. The second kappa shape index (κ2) is 7.44. The highest BCUT2D eigenvalue weighted by Crippen LogP contribution is 2.38. The van der Waals surface area contributed by atoms with Gasteiger partial charge >= 0.3 is 5.97 Å². The zero-order valence-electron chi connectivity index (χ0n) is 13.2. The van der Waals surface area contributed by atoms with Gasteiger partial charge in [-0.2, -0.15) is 0 Å². The van der Waals surface area contributed by atoms with E-state index in [9.17, 15) is 4.79 Å². The quantitative estimate of drug-likeness (QED) is 0.669. The molecule has 0 aliphatic carbocycles. The molecule has 2 rings (SSSR count). The van der Waals surface area contributed by atoms with Gasteiger partial charge in [-0.3, -0.25) is 4.79 Å². The van der Waals surface area contributed by atoms with Gasteiger partial charge in [-0.25, -0.2) is 0 Å². The van der Waals surface area contributed by atoms with Gasteiger partial charge in [-0.05, 0) is 39.0 Å². The van der Waals surface area contributed by atoms with Crippen molar-refractivity contribution in [2.75, 3.05) is 0 Å². The van der Waals surface area contributed by atoms with Crippen molar-refractivity contribution in [3.05, 3.63) is 0 Å². The summed E-state index contributed by atoms with van der Waals surface area (Å²) in [5.74, 6) is -0.174. The molecule has 0 amide bonds. The van der Waals surface area contributed by atoms with Crippen molar-refractivity contribution >= 4 is 5.97 Å². The molecule has 0 aromatic rings. The zero-order valence-corrected chi connectivity index (χ0v) is 13.2. The number of fused-ring (bicyclic) bond motifs is 2. The molecule has 2 aliphatic heterocycles. The van der Waals surface area contributed by atoms with E-state index in [0.717, 1.165) is 25.7 Å². The van der Waals surface area contributed by atoms with Crippen molar-refractivity contribution in [3.63, 3.8) is 0 Å². The monoisotopic (exact) mass is 282 g/mol. The lowest BCUT2D eigenvalue weighted by atomic mass is 9.90. The molecule has 2 saturated heterocycles. The smallest absolute Gasteiger partial charge is 0.303 e. The third-order valence-corrected chi connectivity index (χ3v) is 4.88. The highest BCUT2D eigenvalue weighted by atomic mass is 16.6. The summed E-state index contributed by atoms with van der Waals surface area (Å²) in [4.78, 5) is 11.4. The molecule has 3 heteroatoms. The van der Waals surface area contributed by atoms with Crippen LogP contribution in [0.15, 0.2) is 0 Å². The van der Waals surface area contributed by atoms with E-state index in [4.69, 9.17) is 9.47 Å². The number of carbonyl (C=O) groups excluding carboxylic acids is 1. The van der Waals surface area contributed by atoms with Crippen LogP contribution in [0.2, 0.25) is 0 Å². The average Bonchev–Trinajstić information content (AvgIpc) is 2.78. The Hall–Kier alpha value is -0.570. The van der Waals surface area contributed by atoms with Crippen LogP contribution in [0.1, 0.15) is 84.5 Å². The Kier molecular flexibility index (Phi) is 5.88. The van der Waals surface area contributed by atoms with Crippen LogP contribution >= 0.6 is 0 Å². The summed E-state index contributed by atoms with van der Waals surface area (Å²) in [6.45, 7) is 3.65. The Bertz CT molecular complexity index is 315. The van der Waals surface area contributed by atoms with Crippen molar-refractivity contribution in [1.82, 2.24) is 0 Å². The molecule has 2 bridgehead atoms. The van der Waals surface area contributed by atoms with E-state index in [-0.39, 0.29) is 17.7 Å². The van der Waals surface area contributed by atoms with E-state index < -0.39 is 0 Å². The number of carbonyl (C=O) groups is 1. The van der Waals surface area contributed by atoms with Crippen LogP contribution in [0.5, 0.6) is 0 Å². The Balaban J connectivity index is 2.01. The molecule has 0 unspecified atom stereocenters. The van der Waals surface area contributed by atoms with E-state index in [1.165, 1.54) is 51.9 Å². The molecule has 2 aliphatic rings. The minimum absolute atomic E-state index is 0.0641. The van der Waals surface area contributed by atoms with Gasteiger partial charge in [0.15, 0.2) is 0 Å². The molecule has 0 saturated carbocycles. The summed E-state index contributed by atoms with van der Waals surface area (Å²) in [7, 11) is 0. The van der Waals surface area contributed by atoms with Gasteiger partial charge in [0.1, 0.15) is 11.7 Å². The van der Waals surface area contributed by atoms with Crippen LogP contribution in [-0.2, 0) is 14.3 Å². The number of hydrogen-bond donors (Lipinski definition) is 0. The number of ether oxygens (including phenoxy) is 2. The van der Waals surface area contributed by atoms with Gasteiger partial charge in [0.25, 0.3) is 0 Å². The molecule has 0 aromatic carbocycles. The summed E-state index contributed by atoms with van der Waals surface area (Å²) >= 11 is 0. The standard InChI is InChI=1S/C17H30O3/c1-14(18)19-16-11-9-7-5-3-4-6-8-10-15-12-13-17(16,2)20-15/h15-16H,3-13H2,1-2H3/t15-,16+,17-/m0/s1. The fourth-order valence-corrected chi connectivity index (χ4v) is 3.66. The SMILES string of the molecule is CC(=O)O[C@@H]1CCCCCCCCC[C@H]2CC[C@]1(C)O2. The van der Waals surface area contributed by atoms with Crippen LogP contribution in [0.3, 0.4) is 0 Å². The van der Waals surface area contributed by atoms with Gasteiger partial charge in [-0.1, -0.05) is 38.5 Å². The van der Waals surface area contributed by atoms with E-state index in [1.807, 2.05) is 0 Å². The maximum atomic E-state index is 11.4. The lowest BCUT2D eigenvalue weighted by molar-refractivity contribution is -0.168. The first-order chi connectivity index (χ1) is 9.60. The molecule has 3 nitrogen and oxygen atoms in total. The first-order valence-electron chi connectivity index (χ1n) is 8.45. The summed E-state index contributed by atoms with van der Waals surface area (Å²) in [6.07, 6.45) is 13.6. The van der Waals surface area contributed by atoms with Gasteiger partial charge in [-0.15, -0.1) is 0 Å². The predicted molar refractivity (Wildman–Crippen MR) is 79.6 cm³/mol. The van der Waals surface area contributed by atoms with E-state index in [0.29, 0.717) is 6.10 Å². The van der Waals surface area contributed by atoms with E-state index in [1.54, 1.807) is 0 Å². The van der Waals surface area contributed by atoms with Crippen LogP contribution < -0.4 is 0 Å².